The number of carbonyl (C=O) groups excluding carboxylic acids is 1. The van der Waals surface area contributed by atoms with Gasteiger partial charge in [0, 0.05) is 17.9 Å². The lowest BCUT2D eigenvalue weighted by Crippen LogP contribution is -2.41. The Morgan fingerprint density at radius 2 is 1.85 bits per heavy atom. The number of nitrogens with zero attached hydrogens (tertiary/aromatic N) is 2. The molecular formula is C24H26N4O5S. The first kappa shape index (κ1) is 23.5. The van der Waals surface area contributed by atoms with Gasteiger partial charge in [0.25, 0.3) is 5.56 Å². The maximum absolute atomic E-state index is 13.1. The molecule has 34 heavy (non-hydrogen) atoms. The zero-order valence-electron chi connectivity index (χ0n) is 18.8. The maximum atomic E-state index is 13.1. The standard InChI is InChI=1S/C24H26N4O5S/c1-2-27(20(29)15-34-17-9-10-18-19(13-17)33-12-6-11-32-18)21-22(25)28(24(31)26-23(21)30)14-16-7-4-3-5-8-16/h3-5,7-10,13H,2,6,11-12,14-15,25H2,1H3,(H,26,30,31). The molecule has 0 fully saturated rings. The molecule has 178 valence electrons. The number of aromatic nitrogens is 2. The van der Waals surface area contributed by atoms with Crippen molar-refractivity contribution < 1.29 is 14.3 Å². The predicted molar refractivity (Wildman–Crippen MR) is 132 cm³/mol. The lowest BCUT2D eigenvalue weighted by atomic mass is 10.2. The highest BCUT2D eigenvalue weighted by molar-refractivity contribution is 8.00. The number of thioether (sulfide) groups is 1. The molecule has 10 heteroatoms. The Balaban J connectivity index is 1.55. The number of rotatable bonds is 7. The van der Waals surface area contributed by atoms with Crippen molar-refractivity contribution >= 4 is 29.2 Å². The van der Waals surface area contributed by atoms with Crippen LogP contribution in [0.3, 0.4) is 0 Å². The highest BCUT2D eigenvalue weighted by atomic mass is 32.2. The van der Waals surface area contributed by atoms with Gasteiger partial charge in [-0.3, -0.25) is 19.1 Å². The minimum atomic E-state index is -0.692. The maximum Gasteiger partial charge on any atom is 0.330 e. The van der Waals surface area contributed by atoms with Gasteiger partial charge in [-0.2, -0.15) is 0 Å². The third-order valence-corrected chi connectivity index (χ3v) is 6.34. The quantitative estimate of drug-likeness (QED) is 0.497. The van der Waals surface area contributed by atoms with E-state index in [-0.39, 0.29) is 36.3 Å². The molecule has 1 aromatic heterocycles. The largest absolute Gasteiger partial charge is 0.490 e. The second-order valence-corrected chi connectivity index (χ2v) is 8.70. The summed E-state index contributed by atoms with van der Waals surface area (Å²) < 4.78 is 12.6. The van der Waals surface area contributed by atoms with E-state index in [9.17, 15) is 14.4 Å². The van der Waals surface area contributed by atoms with Gasteiger partial charge in [0.2, 0.25) is 5.91 Å². The number of carbonyl (C=O) groups is 1. The number of benzene rings is 2. The van der Waals surface area contributed by atoms with Crippen LogP contribution in [0.25, 0.3) is 0 Å². The van der Waals surface area contributed by atoms with Crippen molar-refractivity contribution in [2.24, 2.45) is 0 Å². The van der Waals surface area contributed by atoms with Gasteiger partial charge in [0.15, 0.2) is 17.2 Å². The molecule has 2 aromatic carbocycles. The number of nitrogens with two attached hydrogens (primary N) is 1. The average Bonchev–Trinajstić information content (AvgIpc) is 3.08. The number of nitrogens with one attached hydrogen (secondary N) is 1. The second-order valence-electron chi connectivity index (χ2n) is 7.65. The van der Waals surface area contributed by atoms with Crippen LogP contribution in [0.2, 0.25) is 0 Å². The van der Waals surface area contributed by atoms with Gasteiger partial charge in [-0.15, -0.1) is 11.8 Å². The third kappa shape index (κ3) is 5.12. The Hall–Kier alpha value is -3.66. The number of anilines is 2. The fourth-order valence-electron chi connectivity index (χ4n) is 3.68. The molecule has 0 saturated carbocycles. The van der Waals surface area contributed by atoms with E-state index >= 15 is 0 Å². The highest BCUT2D eigenvalue weighted by Crippen LogP contribution is 2.34. The van der Waals surface area contributed by atoms with Gasteiger partial charge in [-0.25, -0.2) is 4.79 Å². The molecule has 0 bridgehead atoms. The van der Waals surface area contributed by atoms with Crippen LogP contribution >= 0.6 is 11.8 Å². The van der Waals surface area contributed by atoms with Crippen LogP contribution in [0, 0.1) is 0 Å². The summed E-state index contributed by atoms with van der Waals surface area (Å²) in [5.41, 5.74) is 5.76. The Bertz CT molecular complexity index is 1290. The van der Waals surface area contributed by atoms with Crippen LogP contribution < -0.4 is 31.4 Å². The van der Waals surface area contributed by atoms with Crippen LogP contribution in [0.4, 0.5) is 11.5 Å². The zero-order valence-corrected chi connectivity index (χ0v) is 19.6. The summed E-state index contributed by atoms with van der Waals surface area (Å²) in [6.45, 7) is 3.32. The summed E-state index contributed by atoms with van der Waals surface area (Å²) in [7, 11) is 0. The second kappa shape index (κ2) is 10.5. The van der Waals surface area contributed by atoms with Gasteiger partial charge < -0.3 is 20.1 Å². The third-order valence-electron chi connectivity index (χ3n) is 5.37. The van der Waals surface area contributed by atoms with Crippen molar-refractivity contribution in [3.63, 3.8) is 0 Å². The van der Waals surface area contributed by atoms with Gasteiger partial charge in [-0.1, -0.05) is 30.3 Å². The average molecular weight is 483 g/mol. The van der Waals surface area contributed by atoms with Gasteiger partial charge in [0.05, 0.1) is 25.5 Å². The topological polar surface area (TPSA) is 120 Å². The SMILES string of the molecule is CCN(C(=O)CSc1ccc2c(c1)OCCCO2)c1c(N)n(Cc2ccccc2)c(=O)[nH]c1=O. The molecule has 1 aliphatic rings. The lowest BCUT2D eigenvalue weighted by molar-refractivity contribution is -0.116. The number of aromatic amines is 1. The Morgan fingerprint density at radius 3 is 2.59 bits per heavy atom. The van der Waals surface area contributed by atoms with Crippen molar-refractivity contribution in [3.05, 3.63) is 74.9 Å². The first-order valence-electron chi connectivity index (χ1n) is 11.0. The molecule has 0 saturated heterocycles. The summed E-state index contributed by atoms with van der Waals surface area (Å²) in [5.74, 6) is 1.05. The predicted octanol–water partition coefficient (Wildman–Crippen LogP) is 2.47. The minimum absolute atomic E-state index is 0.0257. The molecule has 4 rings (SSSR count). The van der Waals surface area contributed by atoms with Crippen molar-refractivity contribution in [1.29, 1.82) is 0 Å². The van der Waals surface area contributed by atoms with Crippen molar-refractivity contribution in [3.8, 4) is 11.5 Å². The highest BCUT2D eigenvalue weighted by Gasteiger charge is 2.23. The van der Waals surface area contributed by atoms with Crippen LogP contribution in [0.1, 0.15) is 18.9 Å². The van der Waals surface area contributed by atoms with Crippen LogP contribution in [-0.2, 0) is 11.3 Å². The molecule has 3 aromatic rings. The first-order chi connectivity index (χ1) is 16.5. The van der Waals surface area contributed by atoms with Gasteiger partial charge >= 0.3 is 5.69 Å². The van der Waals surface area contributed by atoms with E-state index in [2.05, 4.69) is 4.98 Å². The molecule has 2 heterocycles. The van der Waals surface area contributed by atoms with E-state index in [1.807, 2.05) is 48.5 Å². The Morgan fingerprint density at radius 1 is 1.12 bits per heavy atom. The van der Waals surface area contributed by atoms with Gasteiger partial charge in [0.1, 0.15) is 5.82 Å². The molecule has 0 radical (unpaired) electrons. The minimum Gasteiger partial charge on any atom is -0.490 e. The smallest absolute Gasteiger partial charge is 0.330 e. The van der Waals surface area contributed by atoms with Gasteiger partial charge in [-0.05, 0) is 30.7 Å². The number of ether oxygens (including phenoxy) is 2. The molecule has 1 amide bonds. The van der Waals surface area contributed by atoms with E-state index in [0.717, 1.165) is 16.9 Å². The molecule has 1 aliphatic heterocycles. The number of hydrogen-bond donors (Lipinski definition) is 2. The van der Waals surface area contributed by atoms with E-state index in [1.54, 1.807) is 6.92 Å². The number of hydrogen-bond acceptors (Lipinski definition) is 7. The summed E-state index contributed by atoms with van der Waals surface area (Å²) in [4.78, 5) is 42.7. The summed E-state index contributed by atoms with van der Waals surface area (Å²) in [5, 5.41) is 0. The fraction of sp³-hybridized carbons (Fsp3) is 0.292. The molecule has 0 spiro atoms. The van der Waals surface area contributed by atoms with Crippen LogP contribution in [0.5, 0.6) is 11.5 Å². The summed E-state index contributed by atoms with van der Waals surface area (Å²) in [6, 6.07) is 14.8. The van der Waals surface area contributed by atoms with E-state index in [4.69, 9.17) is 15.2 Å². The zero-order chi connectivity index (χ0) is 24.1. The normalized spacial score (nSPS) is 12.7. The monoisotopic (exact) mass is 482 g/mol. The van der Waals surface area contributed by atoms with Crippen LogP contribution in [0.15, 0.2) is 63.0 Å². The number of H-pyrrole nitrogens is 1. The van der Waals surface area contributed by atoms with E-state index in [0.29, 0.717) is 24.7 Å². The molecule has 9 nitrogen and oxygen atoms in total. The fourth-order valence-corrected chi connectivity index (χ4v) is 4.48. The van der Waals surface area contributed by atoms with E-state index in [1.165, 1.54) is 21.2 Å². The molecule has 0 unspecified atom stereocenters. The molecule has 3 N–H and O–H groups in total. The number of amides is 1. The van der Waals surface area contributed by atoms with E-state index < -0.39 is 11.2 Å². The van der Waals surface area contributed by atoms with Crippen LogP contribution in [-0.4, -0.2) is 41.0 Å². The lowest BCUT2D eigenvalue weighted by Gasteiger charge is -2.23. The number of fused-ring (bicyclic) bond motifs is 1. The Labute approximate surface area is 200 Å². The van der Waals surface area contributed by atoms with Crippen molar-refractivity contribution in [1.82, 2.24) is 9.55 Å². The molecule has 0 atom stereocenters. The van der Waals surface area contributed by atoms with Crippen molar-refractivity contribution in [2.45, 2.75) is 24.8 Å². The van der Waals surface area contributed by atoms with Crippen molar-refractivity contribution in [2.75, 3.05) is 36.1 Å². The Kier molecular flexibility index (Phi) is 7.27. The summed E-state index contributed by atoms with van der Waals surface area (Å²) >= 11 is 1.32. The number of nitrogen functional groups attached to an aromatic ring is 1. The summed E-state index contributed by atoms with van der Waals surface area (Å²) in [6.07, 6.45) is 0.809. The molecule has 0 aliphatic carbocycles. The molecular weight excluding hydrogens is 456 g/mol. The first-order valence-corrected chi connectivity index (χ1v) is 12.0.